The Bertz CT molecular complexity index is 1500. The Kier molecular flexibility index (Phi) is 7.56. The van der Waals surface area contributed by atoms with E-state index in [4.69, 9.17) is 9.47 Å². The van der Waals surface area contributed by atoms with Gasteiger partial charge in [-0.1, -0.05) is 18.2 Å². The van der Waals surface area contributed by atoms with E-state index in [9.17, 15) is 18.8 Å². The second kappa shape index (κ2) is 10.8. The predicted molar refractivity (Wildman–Crippen MR) is 136 cm³/mol. The summed E-state index contributed by atoms with van der Waals surface area (Å²) in [6.07, 6.45) is 2.73. The maximum Gasteiger partial charge on any atom is 0.318 e. The lowest BCUT2D eigenvalue weighted by Crippen LogP contribution is -2.26. The molecule has 0 saturated carbocycles. The summed E-state index contributed by atoms with van der Waals surface area (Å²) >= 11 is 0. The largest absolute Gasteiger partial charge is 0.460 e. The van der Waals surface area contributed by atoms with Crippen LogP contribution in [0.4, 0.5) is 4.39 Å². The Balaban J connectivity index is 1.41. The fourth-order valence-electron chi connectivity index (χ4n) is 3.74. The first-order valence-electron chi connectivity index (χ1n) is 11.9. The van der Waals surface area contributed by atoms with Crippen LogP contribution in [0, 0.1) is 5.82 Å². The smallest absolute Gasteiger partial charge is 0.318 e. The van der Waals surface area contributed by atoms with Gasteiger partial charge in [-0.25, -0.2) is 14.1 Å². The lowest BCUT2D eigenvalue weighted by atomic mass is 10.2. The molecule has 1 amide bonds. The quantitative estimate of drug-likeness (QED) is 0.277. The van der Waals surface area contributed by atoms with Gasteiger partial charge in [0.15, 0.2) is 6.73 Å². The number of halogens is 1. The molecular weight excluding hydrogens is 493 g/mol. The molecule has 3 heterocycles. The van der Waals surface area contributed by atoms with Gasteiger partial charge >= 0.3 is 11.9 Å². The summed E-state index contributed by atoms with van der Waals surface area (Å²) in [5.74, 6) is -2.12. The topological polar surface area (TPSA) is 117 Å². The molecule has 0 bridgehead atoms. The minimum absolute atomic E-state index is 0.0627. The molecule has 0 aliphatic carbocycles. The number of fused-ring (bicyclic) bond motifs is 1. The fourth-order valence-corrected chi connectivity index (χ4v) is 3.74. The molecule has 0 unspecified atom stereocenters. The van der Waals surface area contributed by atoms with Crippen LogP contribution in [-0.4, -0.2) is 42.8 Å². The van der Waals surface area contributed by atoms with Crippen molar-refractivity contribution < 1.29 is 28.2 Å². The summed E-state index contributed by atoms with van der Waals surface area (Å²) in [6.45, 7) is 5.03. The maximum atomic E-state index is 13.9. The summed E-state index contributed by atoms with van der Waals surface area (Å²) in [5, 5.41) is 7.68. The van der Waals surface area contributed by atoms with Crippen LogP contribution in [0.15, 0.2) is 54.9 Å². The highest BCUT2D eigenvalue weighted by molar-refractivity contribution is 5.98. The highest BCUT2D eigenvalue weighted by Crippen LogP contribution is 2.23. The maximum absolute atomic E-state index is 13.9. The molecule has 38 heavy (non-hydrogen) atoms. The second-order valence-electron chi connectivity index (χ2n) is 9.65. The summed E-state index contributed by atoms with van der Waals surface area (Å²) in [7, 11) is 1.73. The summed E-state index contributed by atoms with van der Waals surface area (Å²) < 4.78 is 27.2. The molecule has 0 spiro atoms. The molecule has 4 aromatic rings. The van der Waals surface area contributed by atoms with Crippen LogP contribution in [0.3, 0.4) is 0 Å². The van der Waals surface area contributed by atoms with Crippen molar-refractivity contribution in [3.63, 3.8) is 0 Å². The van der Waals surface area contributed by atoms with Gasteiger partial charge in [0, 0.05) is 36.3 Å². The molecule has 1 aromatic carbocycles. The van der Waals surface area contributed by atoms with E-state index in [-0.39, 0.29) is 25.0 Å². The van der Waals surface area contributed by atoms with Crippen molar-refractivity contribution >= 4 is 28.9 Å². The molecule has 0 aliphatic rings. The number of amides is 1. The number of hydrogen-bond acceptors (Lipinski definition) is 7. The molecule has 0 fully saturated rings. The Hall–Kier alpha value is -4.54. The second-order valence-corrected chi connectivity index (χ2v) is 9.65. The van der Waals surface area contributed by atoms with E-state index in [1.807, 2.05) is 6.07 Å². The third-order valence-electron chi connectivity index (χ3n) is 5.50. The van der Waals surface area contributed by atoms with Crippen molar-refractivity contribution in [1.29, 1.82) is 0 Å². The molecule has 0 radical (unpaired) electrons. The molecular formula is C27H28FN5O5. The minimum Gasteiger partial charge on any atom is -0.460 e. The average molecular weight is 522 g/mol. The van der Waals surface area contributed by atoms with Gasteiger partial charge in [0.05, 0.1) is 11.9 Å². The van der Waals surface area contributed by atoms with Gasteiger partial charge in [0.1, 0.15) is 29.2 Å². The number of nitrogens with one attached hydrogen (secondary N) is 1. The number of carbonyl (C=O) groups is 3. The van der Waals surface area contributed by atoms with E-state index in [0.29, 0.717) is 28.2 Å². The number of rotatable bonds is 8. The number of hydrogen-bond donors (Lipinski definition) is 1. The van der Waals surface area contributed by atoms with Crippen molar-refractivity contribution in [2.75, 3.05) is 0 Å². The van der Waals surface area contributed by atoms with Gasteiger partial charge in [0.2, 0.25) is 0 Å². The van der Waals surface area contributed by atoms with Crippen LogP contribution < -0.4 is 5.32 Å². The number of esters is 2. The van der Waals surface area contributed by atoms with Gasteiger partial charge < -0.3 is 19.4 Å². The number of pyridine rings is 1. The van der Waals surface area contributed by atoms with Crippen molar-refractivity contribution in [3.05, 3.63) is 71.9 Å². The molecule has 0 atom stereocenters. The summed E-state index contributed by atoms with van der Waals surface area (Å²) in [5.41, 5.74) is 1.94. The number of nitrogens with zero attached hydrogens (tertiary/aromatic N) is 4. The normalized spacial score (nSPS) is 11.4. The average Bonchev–Trinajstić information content (AvgIpc) is 3.45. The van der Waals surface area contributed by atoms with Crippen LogP contribution in [-0.2, 0) is 39.4 Å². The fraction of sp³-hybridized carbons (Fsp3) is 0.296. The van der Waals surface area contributed by atoms with Crippen LogP contribution in [0.1, 0.15) is 43.2 Å². The van der Waals surface area contributed by atoms with Crippen molar-refractivity contribution in [2.24, 2.45) is 7.05 Å². The number of carbonyl (C=O) groups excluding carboxylic acids is 3. The van der Waals surface area contributed by atoms with E-state index < -0.39 is 24.0 Å². The Morgan fingerprint density at radius 3 is 2.58 bits per heavy atom. The Morgan fingerprint density at radius 1 is 1.08 bits per heavy atom. The first-order valence-corrected chi connectivity index (χ1v) is 11.9. The van der Waals surface area contributed by atoms with Gasteiger partial charge in [-0.2, -0.15) is 5.10 Å². The van der Waals surface area contributed by atoms with Crippen molar-refractivity contribution in [1.82, 2.24) is 24.6 Å². The Labute approximate surface area is 218 Å². The Morgan fingerprint density at radius 2 is 1.84 bits per heavy atom. The molecule has 0 aliphatic heterocycles. The standard InChI is InChI=1S/C27H28FN5O5/c1-27(2,3)38-24(35)12-23(34)37-16-33-15-19(14-30-33)21-10-9-17-11-22(32(4)25(17)31-21)26(36)29-13-18-7-5-6-8-20(18)28/h5-11,14-15H,12-13,16H2,1-4H3,(H,29,36). The third kappa shape index (κ3) is 6.41. The van der Waals surface area contributed by atoms with E-state index in [1.165, 1.54) is 10.7 Å². The van der Waals surface area contributed by atoms with Gasteiger partial charge in [-0.15, -0.1) is 0 Å². The first kappa shape index (κ1) is 26.5. The van der Waals surface area contributed by atoms with Crippen molar-refractivity contribution in [3.8, 4) is 11.3 Å². The van der Waals surface area contributed by atoms with Gasteiger partial charge in [-0.05, 0) is 45.0 Å². The zero-order valence-electron chi connectivity index (χ0n) is 21.5. The lowest BCUT2D eigenvalue weighted by Gasteiger charge is -2.19. The van der Waals surface area contributed by atoms with Crippen LogP contribution in [0.5, 0.6) is 0 Å². The highest BCUT2D eigenvalue weighted by Gasteiger charge is 2.20. The van der Waals surface area contributed by atoms with E-state index in [2.05, 4.69) is 15.4 Å². The zero-order chi connectivity index (χ0) is 27.4. The van der Waals surface area contributed by atoms with Crippen molar-refractivity contribution in [2.45, 2.75) is 46.1 Å². The number of benzene rings is 1. The van der Waals surface area contributed by atoms with Gasteiger partial charge in [-0.3, -0.25) is 14.4 Å². The van der Waals surface area contributed by atoms with Gasteiger partial charge in [0.25, 0.3) is 5.91 Å². The number of aryl methyl sites for hydroxylation is 1. The minimum atomic E-state index is -0.722. The highest BCUT2D eigenvalue weighted by atomic mass is 19.1. The van der Waals surface area contributed by atoms with E-state index >= 15 is 0 Å². The van der Waals surface area contributed by atoms with Crippen LogP contribution >= 0.6 is 0 Å². The van der Waals surface area contributed by atoms with Crippen LogP contribution in [0.25, 0.3) is 22.3 Å². The molecule has 3 aromatic heterocycles. The van der Waals surface area contributed by atoms with E-state index in [1.54, 1.807) is 75.1 Å². The first-order chi connectivity index (χ1) is 18.0. The summed E-state index contributed by atoms with van der Waals surface area (Å²) in [6, 6.07) is 11.6. The molecule has 11 heteroatoms. The molecule has 0 saturated heterocycles. The molecule has 198 valence electrons. The van der Waals surface area contributed by atoms with Crippen LogP contribution in [0.2, 0.25) is 0 Å². The molecule has 10 nitrogen and oxygen atoms in total. The predicted octanol–water partition coefficient (Wildman–Crippen LogP) is 3.74. The monoisotopic (exact) mass is 521 g/mol. The molecule has 4 rings (SSSR count). The third-order valence-corrected chi connectivity index (χ3v) is 5.50. The lowest BCUT2D eigenvalue weighted by molar-refractivity contribution is -0.163. The number of ether oxygens (including phenoxy) is 2. The zero-order valence-corrected chi connectivity index (χ0v) is 21.5. The molecule has 1 N–H and O–H groups in total. The number of aromatic nitrogens is 4. The van der Waals surface area contributed by atoms with E-state index in [0.717, 1.165) is 5.39 Å². The SMILES string of the molecule is Cn1c(C(=O)NCc2ccccc2F)cc2ccc(-c3cnn(COC(=O)CC(=O)OC(C)(C)C)c3)nc21. The summed E-state index contributed by atoms with van der Waals surface area (Å²) in [4.78, 5) is 41.1.